The number of H-pyrrole nitrogens is 2. The minimum atomic E-state index is -1.14. The average Bonchev–Trinajstić information content (AvgIpc) is 3.19. The summed E-state index contributed by atoms with van der Waals surface area (Å²) in [6, 6.07) is 13.6. The van der Waals surface area contributed by atoms with E-state index in [2.05, 4.69) is 15.0 Å². The van der Waals surface area contributed by atoms with Crippen LogP contribution in [0.4, 0.5) is 5.69 Å². The molecule has 0 unspecified atom stereocenters. The standard InChI is InChI=1S/C24H21ClN4O4/c1-14-27-22-21(23(32)28-14)17(12-26-22)11-8-15-6-9-16(10-7-15)24(33)29(13-20(30)31)19-5-3-2-4-18(19)25/h2-7,9-10,12H,8,11,13H2,1H3,(H,30,31)(H2,26,27,28,32). The Balaban J connectivity index is 1.52. The molecule has 8 nitrogen and oxygen atoms in total. The summed E-state index contributed by atoms with van der Waals surface area (Å²) in [6.07, 6.45) is 3.06. The Morgan fingerprint density at radius 2 is 1.82 bits per heavy atom. The first-order valence-electron chi connectivity index (χ1n) is 10.3. The number of fused-ring (bicyclic) bond motifs is 1. The minimum absolute atomic E-state index is 0.173. The van der Waals surface area contributed by atoms with Crippen molar-refractivity contribution in [2.24, 2.45) is 0 Å². The molecule has 0 atom stereocenters. The van der Waals surface area contributed by atoms with Crippen molar-refractivity contribution in [3.05, 3.63) is 92.6 Å². The summed E-state index contributed by atoms with van der Waals surface area (Å²) in [5.74, 6) is -1.05. The smallest absolute Gasteiger partial charge is 0.323 e. The van der Waals surface area contributed by atoms with Gasteiger partial charge in [-0.25, -0.2) is 4.98 Å². The molecule has 2 heterocycles. The number of carboxylic acids is 1. The second kappa shape index (κ2) is 9.30. The number of aromatic nitrogens is 3. The third kappa shape index (κ3) is 4.80. The summed E-state index contributed by atoms with van der Waals surface area (Å²) < 4.78 is 0. The zero-order valence-corrected chi connectivity index (χ0v) is 18.5. The first-order chi connectivity index (χ1) is 15.8. The first-order valence-corrected chi connectivity index (χ1v) is 10.7. The van der Waals surface area contributed by atoms with Gasteiger partial charge in [0.15, 0.2) is 0 Å². The number of nitrogens with zero attached hydrogens (tertiary/aromatic N) is 2. The Morgan fingerprint density at radius 3 is 2.52 bits per heavy atom. The molecule has 0 saturated heterocycles. The van der Waals surface area contributed by atoms with E-state index >= 15 is 0 Å². The van der Waals surface area contributed by atoms with E-state index in [0.717, 1.165) is 16.0 Å². The number of benzene rings is 2. The van der Waals surface area contributed by atoms with Crippen molar-refractivity contribution in [1.29, 1.82) is 0 Å². The van der Waals surface area contributed by atoms with Crippen LogP contribution in [-0.2, 0) is 17.6 Å². The van der Waals surface area contributed by atoms with E-state index in [-0.39, 0.29) is 5.56 Å². The number of carbonyl (C=O) groups is 2. The number of amides is 1. The van der Waals surface area contributed by atoms with Crippen molar-refractivity contribution in [2.45, 2.75) is 19.8 Å². The molecule has 9 heteroatoms. The van der Waals surface area contributed by atoms with E-state index in [1.54, 1.807) is 49.5 Å². The van der Waals surface area contributed by atoms with Gasteiger partial charge >= 0.3 is 5.97 Å². The van der Waals surface area contributed by atoms with E-state index in [9.17, 15) is 19.5 Å². The average molecular weight is 465 g/mol. The molecule has 0 aliphatic heterocycles. The second-order valence-corrected chi connectivity index (χ2v) is 8.03. The largest absolute Gasteiger partial charge is 0.480 e. The summed E-state index contributed by atoms with van der Waals surface area (Å²) in [4.78, 5) is 47.9. The van der Waals surface area contributed by atoms with Crippen LogP contribution >= 0.6 is 11.6 Å². The molecule has 0 fully saturated rings. The number of hydrogen-bond donors (Lipinski definition) is 3. The van der Waals surface area contributed by atoms with Crippen LogP contribution in [0.25, 0.3) is 11.0 Å². The van der Waals surface area contributed by atoms with E-state index < -0.39 is 18.4 Å². The molecule has 0 aliphatic carbocycles. The van der Waals surface area contributed by atoms with Crippen LogP contribution in [0.5, 0.6) is 0 Å². The molecule has 3 N–H and O–H groups in total. The predicted octanol–water partition coefficient (Wildman–Crippen LogP) is 3.73. The number of aliphatic carboxylic acids is 1. The highest BCUT2D eigenvalue weighted by Crippen LogP contribution is 2.27. The highest BCUT2D eigenvalue weighted by molar-refractivity contribution is 6.34. The monoisotopic (exact) mass is 464 g/mol. The number of carboxylic acid groups (broad SMARTS) is 1. The highest BCUT2D eigenvalue weighted by Gasteiger charge is 2.22. The molecular formula is C24H21ClN4O4. The van der Waals surface area contributed by atoms with Gasteiger partial charge < -0.3 is 15.1 Å². The fourth-order valence-corrected chi connectivity index (χ4v) is 3.97. The molecule has 4 rings (SSSR count). The van der Waals surface area contributed by atoms with E-state index in [0.29, 0.717) is 46.0 Å². The summed E-state index contributed by atoms with van der Waals surface area (Å²) in [5, 5.41) is 10.1. The molecule has 0 saturated carbocycles. The van der Waals surface area contributed by atoms with Crippen LogP contribution in [0.3, 0.4) is 0 Å². The van der Waals surface area contributed by atoms with Crippen molar-refractivity contribution < 1.29 is 14.7 Å². The van der Waals surface area contributed by atoms with Gasteiger partial charge in [-0.1, -0.05) is 35.9 Å². The number of carbonyl (C=O) groups excluding carboxylic acids is 1. The quantitative estimate of drug-likeness (QED) is 0.385. The highest BCUT2D eigenvalue weighted by atomic mass is 35.5. The van der Waals surface area contributed by atoms with Crippen LogP contribution in [0.15, 0.2) is 59.5 Å². The number of nitrogens with one attached hydrogen (secondary N) is 2. The van der Waals surface area contributed by atoms with Gasteiger partial charge in [-0.2, -0.15) is 0 Å². The second-order valence-electron chi connectivity index (χ2n) is 7.62. The molecule has 168 valence electrons. The maximum Gasteiger partial charge on any atom is 0.323 e. The lowest BCUT2D eigenvalue weighted by Crippen LogP contribution is -2.36. The van der Waals surface area contributed by atoms with Gasteiger partial charge in [-0.05, 0) is 55.2 Å². The van der Waals surface area contributed by atoms with Gasteiger partial charge in [0.2, 0.25) is 0 Å². The minimum Gasteiger partial charge on any atom is -0.480 e. The van der Waals surface area contributed by atoms with Gasteiger partial charge in [-0.3, -0.25) is 19.3 Å². The number of hydrogen-bond acceptors (Lipinski definition) is 4. The number of rotatable bonds is 7. The lowest BCUT2D eigenvalue weighted by atomic mass is 10.0. The summed E-state index contributed by atoms with van der Waals surface area (Å²) in [6.45, 7) is 1.22. The number of anilines is 1. The van der Waals surface area contributed by atoms with Crippen molar-refractivity contribution in [3.63, 3.8) is 0 Å². The van der Waals surface area contributed by atoms with Gasteiger partial charge in [0, 0.05) is 11.8 Å². The summed E-state index contributed by atoms with van der Waals surface area (Å²) in [7, 11) is 0. The third-order valence-electron chi connectivity index (χ3n) is 5.31. The molecular weight excluding hydrogens is 444 g/mol. The molecule has 2 aromatic heterocycles. The molecule has 0 bridgehead atoms. The molecule has 33 heavy (non-hydrogen) atoms. The van der Waals surface area contributed by atoms with E-state index in [1.165, 1.54) is 0 Å². The number of aromatic amines is 2. The maximum atomic E-state index is 13.1. The molecule has 0 aliphatic rings. The lowest BCUT2D eigenvalue weighted by Gasteiger charge is -2.22. The van der Waals surface area contributed by atoms with Crippen molar-refractivity contribution in [3.8, 4) is 0 Å². The van der Waals surface area contributed by atoms with Gasteiger partial charge in [0.25, 0.3) is 11.5 Å². The van der Waals surface area contributed by atoms with Crippen LogP contribution in [0.2, 0.25) is 5.02 Å². The van der Waals surface area contributed by atoms with Crippen molar-refractivity contribution in [1.82, 2.24) is 15.0 Å². The van der Waals surface area contributed by atoms with Crippen molar-refractivity contribution >= 4 is 40.2 Å². The van der Waals surface area contributed by atoms with E-state index in [1.807, 2.05) is 12.1 Å². The molecule has 4 aromatic rings. The lowest BCUT2D eigenvalue weighted by molar-refractivity contribution is -0.135. The molecule has 0 spiro atoms. The predicted molar refractivity (Wildman–Crippen MR) is 126 cm³/mol. The SMILES string of the molecule is Cc1nc2[nH]cc(CCc3ccc(C(=O)N(CC(=O)O)c4ccccc4Cl)cc3)c2c(=O)[nH]1. The number of para-hydroxylation sites is 1. The van der Waals surface area contributed by atoms with Crippen LogP contribution in [-0.4, -0.2) is 38.5 Å². The fourth-order valence-electron chi connectivity index (χ4n) is 3.73. The van der Waals surface area contributed by atoms with Crippen LogP contribution < -0.4 is 10.5 Å². The van der Waals surface area contributed by atoms with Crippen LogP contribution in [0, 0.1) is 6.92 Å². The summed E-state index contributed by atoms with van der Waals surface area (Å²) in [5.41, 5.74) is 2.91. The third-order valence-corrected chi connectivity index (χ3v) is 5.63. The zero-order chi connectivity index (χ0) is 23.5. The molecule has 0 radical (unpaired) electrons. The number of aryl methyl sites for hydroxylation is 3. The summed E-state index contributed by atoms with van der Waals surface area (Å²) >= 11 is 6.19. The Labute approximate surface area is 193 Å². The zero-order valence-electron chi connectivity index (χ0n) is 17.8. The van der Waals surface area contributed by atoms with Gasteiger partial charge in [-0.15, -0.1) is 0 Å². The topological polar surface area (TPSA) is 119 Å². The first kappa shape index (κ1) is 22.3. The fraction of sp³-hybridized carbons (Fsp3) is 0.167. The normalized spacial score (nSPS) is 11.0. The van der Waals surface area contributed by atoms with Crippen LogP contribution in [0.1, 0.15) is 27.3 Å². The van der Waals surface area contributed by atoms with Crippen molar-refractivity contribution in [2.75, 3.05) is 11.4 Å². The van der Waals surface area contributed by atoms with E-state index in [4.69, 9.17) is 11.6 Å². The van der Waals surface area contributed by atoms with Gasteiger partial charge in [0.05, 0.1) is 16.1 Å². The Bertz CT molecular complexity index is 1390. The maximum absolute atomic E-state index is 13.1. The molecule has 1 amide bonds. The Hall–Kier alpha value is -3.91. The molecule has 2 aromatic carbocycles. The number of halogens is 1. The Kier molecular flexibility index (Phi) is 6.28. The Morgan fingerprint density at radius 1 is 1.09 bits per heavy atom. The van der Waals surface area contributed by atoms with Gasteiger partial charge in [0.1, 0.15) is 18.0 Å².